The average molecular weight is 686 g/mol. The second-order valence-electron chi connectivity index (χ2n) is 12.6. The number of allylic oxidation sites excluding steroid dienone is 1. The first-order valence-corrected chi connectivity index (χ1v) is 17.7. The van der Waals surface area contributed by atoms with Crippen LogP contribution in [0.3, 0.4) is 0 Å². The second kappa shape index (κ2) is 24.5. The molecule has 0 aliphatic heterocycles. The number of esters is 1. The fraction of sp³-hybridized carbons (Fsp3) is 0.730. The highest BCUT2D eigenvalue weighted by Crippen LogP contribution is 2.30. The number of aliphatic hydroxyl groups is 2. The zero-order valence-corrected chi connectivity index (χ0v) is 29.6. The predicted octanol–water partition coefficient (Wildman–Crippen LogP) is 7.22. The Balaban J connectivity index is 2.87. The number of methoxy groups -OCH3 is 2. The number of halogens is 2. The smallest absolute Gasteiger partial charge is 0.336 e. The van der Waals surface area contributed by atoms with E-state index in [4.69, 9.17) is 14.2 Å². The maximum absolute atomic E-state index is 14.2. The van der Waals surface area contributed by atoms with Gasteiger partial charge in [0, 0.05) is 33.0 Å². The van der Waals surface area contributed by atoms with Crippen LogP contribution in [0, 0.1) is 5.92 Å². The molecule has 11 heteroatoms. The number of aliphatic hydroxyl groups excluding tert-OH is 1. The Morgan fingerprint density at radius 3 is 2.04 bits per heavy atom. The van der Waals surface area contributed by atoms with Crippen LogP contribution in [-0.2, 0) is 25.5 Å². The molecule has 0 bridgehead atoms. The van der Waals surface area contributed by atoms with Crippen molar-refractivity contribution >= 4 is 11.9 Å². The highest BCUT2D eigenvalue weighted by molar-refractivity contribution is 5.78. The number of hydrogen-bond acceptors (Lipinski definition) is 8. The van der Waals surface area contributed by atoms with Gasteiger partial charge in [-0.3, -0.25) is 10.1 Å². The Morgan fingerprint density at radius 2 is 1.48 bits per heavy atom. The number of alkyl halides is 2. The lowest BCUT2D eigenvalue weighted by molar-refractivity contribution is -0.172. The lowest BCUT2D eigenvalue weighted by atomic mass is 9.82. The van der Waals surface area contributed by atoms with Crippen molar-refractivity contribution in [3.63, 3.8) is 0 Å². The van der Waals surface area contributed by atoms with E-state index in [9.17, 15) is 33.7 Å². The number of carbonyl (C=O) groups excluding carboxylic acids is 1. The van der Waals surface area contributed by atoms with Crippen LogP contribution in [0.25, 0.3) is 0 Å². The van der Waals surface area contributed by atoms with Crippen LogP contribution in [0.5, 0.6) is 5.75 Å². The van der Waals surface area contributed by atoms with Crippen molar-refractivity contribution in [1.29, 1.82) is 0 Å². The van der Waals surface area contributed by atoms with Gasteiger partial charge in [-0.1, -0.05) is 83.1 Å². The van der Waals surface area contributed by atoms with Crippen molar-refractivity contribution in [2.24, 2.45) is 5.92 Å². The third kappa shape index (κ3) is 17.2. The number of carboxylic acids is 1. The van der Waals surface area contributed by atoms with Crippen molar-refractivity contribution < 1.29 is 47.9 Å². The minimum Gasteiger partial charge on any atom is -0.494 e. The molecule has 0 amide bonds. The summed E-state index contributed by atoms with van der Waals surface area (Å²) in [4.78, 5) is 25.0. The molecule has 0 fully saturated rings. The van der Waals surface area contributed by atoms with E-state index in [1.807, 2.05) is 0 Å². The van der Waals surface area contributed by atoms with E-state index in [-0.39, 0.29) is 32.3 Å². The Bertz CT molecular complexity index is 1040. The van der Waals surface area contributed by atoms with Gasteiger partial charge in [-0.05, 0) is 56.2 Å². The molecule has 1 aromatic rings. The first-order chi connectivity index (χ1) is 22.9. The molecule has 1 unspecified atom stereocenters. The number of ether oxygens (including phenoxy) is 3. The van der Waals surface area contributed by atoms with Gasteiger partial charge in [0.2, 0.25) is 5.92 Å². The van der Waals surface area contributed by atoms with Crippen molar-refractivity contribution in [2.45, 2.75) is 140 Å². The summed E-state index contributed by atoms with van der Waals surface area (Å²) in [6.07, 6.45) is 10.5. The molecule has 0 spiro atoms. The molecule has 0 aromatic heterocycles. The molecule has 48 heavy (non-hydrogen) atoms. The summed E-state index contributed by atoms with van der Waals surface area (Å²) in [5.41, 5.74) is -1.67. The average Bonchev–Trinajstić information content (AvgIpc) is 3.06. The molecule has 0 saturated carbocycles. The number of rotatable bonds is 29. The van der Waals surface area contributed by atoms with Crippen LogP contribution in [0.1, 0.15) is 116 Å². The van der Waals surface area contributed by atoms with E-state index in [1.165, 1.54) is 20.3 Å². The highest BCUT2D eigenvalue weighted by Gasteiger charge is 2.47. The van der Waals surface area contributed by atoms with E-state index in [1.54, 1.807) is 30.3 Å². The molecule has 4 atom stereocenters. The zero-order chi connectivity index (χ0) is 35.8. The van der Waals surface area contributed by atoms with E-state index in [2.05, 4.69) is 19.2 Å². The molecule has 4 N–H and O–H groups in total. The molecule has 0 aliphatic rings. The maximum atomic E-state index is 14.2. The lowest BCUT2D eigenvalue weighted by Crippen LogP contribution is -2.57. The van der Waals surface area contributed by atoms with Gasteiger partial charge in [0.1, 0.15) is 18.0 Å². The number of nitrogens with one attached hydrogen (secondary N) is 1. The first kappa shape index (κ1) is 43.4. The fourth-order valence-electron chi connectivity index (χ4n) is 5.51. The number of aliphatic carboxylic acids is 1. The summed E-state index contributed by atoms with van der Waals surface area (Å²) in [7, 11) is 2.59. The third-order valence-corrected chi connectivity index (χ3v) is 8.59. The van der Waals surface area contributed by atoms with Crippen molar-refractivity contribution in [2.75, 3.05) is 27.4 Å². The molecule has 9 nitrogen and oxygen atoms in total. The maximum Gasteiger partial charge on any atom is 0.336 e. The molecule has 276 valence electrons. The summed E-state index contributed by atoms with van der Waals surface area (Å²) < 4.78 is 44.1. The molecular weight excluding hydrogens is 624 g/mol. The normalized spacial score (nSPS) is 15.2. The summed E-state index contributed by atoms with van der Waals surface area (Å²) in [6.45, 7) is 4.68. The summed E-state index contributed by atoms with van der Waals surface area (Å²) in [6, 6.07) is 6.12. The molecule has 0 aliphatic carbocycles. The van der Waals surface area contributed by atoms with Crippen LogP contribution in [0.4, 0.5) is 8.78 Å². The van der Waals surface area contributed by atoms with Crippen LogP contribution in [-0.4, -0.2) is 78.5 Å². The molecule has 1 rings (SSSR count). The molecule has 1 aromatic carbocycles. The van der Waals surface area contributed by atoms with Crippen molar-refractivity contribution in [3.8, 4) is 5.75 Å². The van der Waals surface area contributed by atoms with Gasteiger partial charge in [0.15, 0.2) is 5.60 Å². The van der Waals surface area contributed by atoms with E-state index in [0.29, 0.717) is 50.9 Å². The van der Waals surface area contributed by atoms with Crippen molar-refractivity contribution in [1.82, 2.24) is 5.32 Å². The summed E-state index contributed by atoms with van der Waals surface area (Å²) >= 11 is 0. The lowest BCUT2D eigenvalue weighted by Gasteiger charge is -2.35. The molecule has 0 heterocycles. The molecule has 0 saturated heterocycles. The minimum absolute atomic E-state index is 0.0655. The quantitative estimate of drug-likeness (QED) is 0.0299. The Morgan fingerprint density at radius 1 is 0.875 bits per heavy atom. The first-order valence-electron chi connectivity index (χ1n) is 17.7. The second-order valence-corrected chi connectivity index (χ2v) is 12.6. The van der Waals surface area contributed by atoms with Gasteiger partial charge in [0.05, 0.1) is 19.6 Å². The van der Waals surface area contributed by atoms with Crippen LogP contribution in [0.15, 0.2) is 36.4 Å². The highest BCUT2D eigenvalue weighted by atomic mass is 19.3. The Labute approximate surface area is 286 Å². The number of unbranched alkanes of at least 4 members (excludes halogenated alkanes) is 9. The number of benzene rings is 1. The SMILES string of the molecule is CCCCCCCC(F)(F)CCCCCCC=C[C@H](C(O)N[C@@H](Cc1ccc(OCCCC)cc1)C(=O)OC)[C@@](O)(CCOC)C(=O)O. The predicted molar refractivity (Wildman–Crippen MR) is 183 cm³/mol. The van der Waals surface area contributed by atoms with Gasteiger partial charge >= 0.3 is 11.9 Å². The van der Waals surface area contributed by atoms with E-state index < -0.39 is 41.6 Å². The third-order valence-electron chi connectivity index (χ3n) is 8.59. The zero-order valence-electron chi connectivity index (χ0n) is 29.6. The van der Waals surface area contributed by atoms with Gasteiger partial charge in [-0.25, -0.2) is 13.6 Å². The standard InChI is InChI=1S/C37H61F2NO8/c1-5-7-9-13-16-23-36(38,39)24-17-14-11-10-12-15-18-31(37(45,35(43)44)25-27-46-3)33(41)40-32(34(42)47-4)28-29-19-21-30(22-20-29)48-26-8-6-2/h15,18-22,31-33,40-41,45H,5-14,16-17,23-28H2,1-4H3,(H,43,44)/t31-,32+,33?,37+/m1/s1. The molecule has 0 radical (unpaired) electrons. The Hall–Kier alpha value is -2.60. The van der Waals surface area contributed by atoms with Gasteiger partial charge in [-0.15, -0.1) is 0 Å². The van der Waals surface area contributed by atoms with Crippen LogP contribution >= 0.6 is 0 Å². The van der Waals surface area contributed by atoms with Crippen molar-refractivity contribution in [3.05, 3.63) is 42.0 Å². The van der Waals surface area contributed by atoms with Crippen LogP contribution in [0.2, 0.25) is 0 Å². The van der Waals surface area contributed by atoms with E-state index >= 15 is 0 Å². The van der Waals surface area contributed by atoms with Gasteiger partial charge in [-0.2, -0.15) is 0 Å². The van der Waals surface area contributed by atoms with Gasteiger partial charge < -0.3 is 29.5 Å². The van der Waals surface area contributed by atoms with Crippen LogP contribution < -0.4 is 10.1 Å². The summed E-state index contributed by atoms with van der Waals surface area (Å²) in [5, 5.41) is 35.4. The summed E-state index contributed by atoms with van der Waals surface area (Å²) in [5.74, 6) is -5.52. The van der Waals surface area contributed by atoms with Gasteiger partial charge in [0.25, 0.3) is 0 Å². The van der Waals surface area contributed by atoms with E-state index in [0.717, 1.165) is 44.1 Å². The number of hydrogen-bond donors (Lipinski definition) is 4. The largest absolute Gasteiger partial charge is 0.494 e. The number of carbonyl (C=O) groups is 2. The topological polar surface area (TPSA) is 135 Å². The minimum atomic E-state index is -2.64. The fourth-order valence-corrected chi connectivity index (χ4v) is 5.51. The Kier molecular flexibility index (Phi) is 22.2. The molecular formula is C37H61F2NO8. The number of carboxylic acid groups (broad SMARTS) is 1. The monoisotopic (exact) mass is 685 g/mol.